The van der Waals surface area contributed by atoms with Gasteiger partial charge in [0.2, 0.25) is 5.65 Å². The molecule has 17 heavy (non-hydrogen) atoms. The van der Waals surface area contributed by atoms with Crippen LogP contribution in [0.2, 0.25) is 0 Å². The number of imidazole rings is 1. The summed E-state index contributed by atoms with van der Waals surface area (Å²) in [6, 6.07) is 0. The van der Waals surface area contributed by atoms with Gasteiger partial charge in [-0.05, 0) is 6.42 Å². The van der Waals surface area contributed by atoms with Gasteiger partial charge in [-0.3, -0.25) is 4.40 Å². The SMILES string of the molecule is CCCNc1cn2ccnc2c(OCCO)n1. The minimum absolute atomic E-state index is 0.0405. The summed E-state index contributed by atoms with van der Waals surface area (Å²) >= 11 is 0. The highest BCUT2D eigenvalue weighted by Crippen LogP contribution is 2.18. The summed E-state index contributed by atoms with van der Waals surface area (Å²) in [5.74, 6) is 1.18. The molecule has 2 heterocycles. The Morgan fingerprint density at radius 1 is 1.53 bits per heavy atom. The molecule has 0 radical (unpaired) electrons. The minimum atomic E-state index is -0.0405. The molecular formula is C11H16N4O2. The second kappa shape index (κ2) is 5.49. The molecule has 0 amide bonds. The molecule has 2 N–H and O–H groups in total. The number of aromatic nitrogens is 3. The fourth-order valence-electron chi connectivity index (χ4n) is 1.48. The van der Waals surface area contributed by atoms with E-state index in [0.29, 0.717) is 11.5 Å². The van der Waals surface area contributed by atoms with Crippen LogP contribution in [0.25, 0.3) is 5.65 Å². The van der Waals surface area contributed by atoms with Crippen molar-refractivity contribution in [2.24, 2.45) is 0 Å². The van der Waals surface area contributed by atoms with Gasteiger partial charge in [-0.15, -0.1) is 0 Å². The zero-order chi connectivity index (χ0) is 12.1. The normalized spacial score (nSPS) is 10.7. The molecule has 0 aliphatic rings. The maximum atomic E-state index is 8.77. The van der Waals surface area contributed by atoms with Gasteiger partial charge in [0.15, 0.2) is 0 Å². The molecule has 0 bridgehead atoms. The Morgan fingerprint density at radius 2 is 2.41 bits per heavy atom. The first-order valence-electron chi connectivity index (χ1n) is 5.66. The van der Waals surface area contributed by atoms with E-state index < -0.39 is 0 Å². The van der Waals surface area contributed by atoms with Gasteiger partial charge in [0.25, 0.3) is 5.88 Å². The number of fused-ring (bicyclic) bond motifs is 1. The largest absolute Gasteiger partial charge is 0.473 e. The Balaban J connectivity index is 2.29. The summed E-state index contributed by atoms with van der Waals surface area (Å²) in [5.41, 5.74) is 0.653. The summed E-state index contributed by atoms with van der Waals surface area (Å²) in [7, 11) is 0. The molecule has 2 aromatic rings. The number of anilines is 1. The van der Waals surface area contributed by atoms with E-state index in [4.69, 9.17) is 9.84 Å². The van der Waals surface area contributed by atoms with Crippen molar-refractivity contribution in [2.75, 3.05) is 25.1 Å². The second-order valence-corrected chi connectivity index (χ2v) is 3.59. The van der Waals surface area contributed by atoms with E-state index in [2.05, 4.69) is 22.2 Å². The van der Waals surface area contributed by atoms with Crippen LogP contribution in [0.4, 0.5) is 5.82 Å². The van der Waals surface area contributed by atoms with Crippen molar-refractivity contribution in [3.05, 3.63) is 18.6 Å². The van der Waals surface area contributed by atoms with Crippen molar-refractivity contribution in [3.63, 3.8) is 0 Å². The van der Waals surface area contributed by atoms with Gasteiger partial charge in [-0.2, -0.15) is 4.98 Å². The number of aliphatic hydroxyl groups is 1. The molecule has 0 saturated carbocycles. The fourth-order valence-corrected chi connectivity index (χ4v) is 1.48. The molecule has 0 fully saturated rings. The predicted octanol–water partition coefficient (Wildman–Crippen LogP) is 0.922. The second-order valence-electron chi connectivity index (χ2n) is 3.59. The number of rotatable bonds is 6. The summed E-state index contributed by atoms with van der Waals surface area (Å²) in [6.07, 6.45) is 6.41. The van der Waals surface area contributed by atoms with E-state index in [9.17, 15) is 0 Å². The molecule has 0 aliphatic heterocycles. The Kier molecular flexibility index (Phi) is 3.77. The van der Waals surface area contributed by atoms with Crippen molar-refractivity contribution in [1.29, 1.82) is 0 Å². The maximum absolute atomic E-state index is 8.77. The standard InChI is InChI=1S/C11H16N4O2/c1-2-3-12-9-8-15-5-4-13-10(15)11(14-9)17-7-6-16/h4-5,8,12,16H,2-3,6-7H2,1H3. The lowest BCUT2D eigenvalue weighted by Crippen LogP contribution is -2.08. The van der Waals surface area contributed by atoms with Crippen LogP contribution in [0.5, 0.6) is 5.88 Å². The van der Waals surface area contributed by atoms with Crippen LogP contribution in [-0.4, -0.2) is 39.2 Å². The number of hydrogen-bond acceptors (Lipinski definition) is 5. The van der Waals surface area contributed by atoms with Gasteiger partial charge in [0.1, 0.15) is 12.4 Å². The first kappa shape index (κ1) is 11.7. The molecule has 0 saturated heterocycles. The Labute approximate surface area is 99.3 Å². The molecule has 0 atom stereocenters. The van der Waals surface area contributed by atoms with Crippen LogP contribution in [0.1, 0.15) is 13.3 Å². The average molecular weight is 236 g/mol. The fraction of sp³-hybridized carbons (Fsp3) is 0.455. The Bertz CT molecular complexity index is 483. The molecule has 2 aromatic heterocycles. The highest BCUT2D eigenvalue weighted by Gasteiger charge is 2.08. The minimum Gasteiger partial charge on any atom is -0.473 e. The molecule has 0 unspecified atom stereocenters. The lowest BCUT2D eigenvalue weighted by atomic mass is 10.5. The van der Waals surface area contributed by atoms with Crippen molar-refractivity contribution in [2.45, 2.75) is 13.3 Å². The third-order valence-electron chi connectivity index (χ3n) is 2.23. The topological polar surface area (TPSA) is 71.7 Å². The van der Waals surface area contributed by atoms with Crippen molar-refractivity contribution in [3.8, 4) is 5.88 Å². The highest BCUT2D eigenvalue weighted by molar-refractivity contribution is 5.53. The van der Waals surface area contributed by atoms with Gasteiger partial charge in [-0.1, -0.05) is 6.92 Å². The summed E-state index contributed by atoms with van der Waals surface area (Å²) in [4.78, 5) is 8.48. The molecular weight excluding hydrogens is 220 g/mol. The Hall–Kier alpha value is -1.82. The first-order chi connectivity index (χ1) is 8.35. The van der Waals surface area contributed by atoms with Gasteiger partial charge >= 0.3 is 0 Å². The number of aliphatic hydroxyl groups excluding tert-OH is 1. The molecule has 0 spiro atoms. The van der Waals surface area contributed by atoms with Gasteiger partial charge in [-0.25, -0.2) is 4.98 Å². The molecule has 0 aromatic carbocycles. The monoisotopic (exact) mass is 236 g/mol. The van der Waals surface area contributed by atoms with Crippen LogP contribution >= 0.6 is 0 Å². The number of nitrogens with zero attached hydrogens (tertiary/aromatic N) is 3. The van der Waals surface area contributed by atoms with Crippen LogP contribution in [0, 0.1) is 0 Å². The quantitative estimate of drug-likeness (QED) is 0.780. The Morgan fingerprint density at radius 3 is 3.18 bits per heavy atom. The molecule has 6 nitrogen and oxygen atoms in total. The first-order valence-corrected chi connectivity index (χ1v) is 5.66. The summed E-state index contributed by atoms with van der Waals surface area (Å²) in [6.45, 7) is 3.12. The van der Waals surface area contributed by atoms with Crippen LogP contribution in [0.3, 0.4) is 0 Å². The van der Waals surface area contributed by atoms with Crippen LogP contribution in [-0.2, 0) is 0 Å². The van der Waals surface area contributed by atoms with E-state index in [0.717, 1.165) is 18.8 Å². The molecule has 2 rings (SSSR count). The lowest BCUT2D eigenvalue weighted by Gasteiger charge is -2.09. The van der Waals surface area contributed by atoms with Crippen molar-refractivity contribution in [1.82, 2.24) is 14.4 Å². The van der Waals surface area contributed by atoms with Gasteiger partial charge < -0.3 is 15.2 Å². The van der Waals surface area contributed by atoms with E-state index >= 15 is 0 Å². The average Bonchev–Trinajstić information content (AvgIpc) is 2.81. The van der Waals surface area contributed by atoms with Crippen LogP contribution in [0.15, 0.2) is 18.6 Å². The zero-order valence-corrected chi connectivity index (χ0v) is 9.76. The molecule has 6 heteroatoms. The third-order valence-corrected chi connectivity index (χ3v) is 2.23. The summed E-state index contributed by atoms with van der Waals surface area (Å²) in [5, 5.41) is 12.0. The third kappa shape index (κ3) is 2.65. The summed E-state index contributed by atoms with van der Waals surface area (Å²) < 4.78 is 7.21. The smallest absolute Gasteiger partial charge is 0.260 e. The lowest BCUT2D eigenvalue weighted by molar-refractivity contribution is 0.198. The van der Waals surface area contributed by atoms with E-state index in [-0.39, 0.29) is 13.2 Å². The highest BCUT2D eigenvalue weighted by atomic mass is 16.5. The number of ether oxygens (including phenoxy) is 1. The molecule has 92 valence electrons. The van der Waals surface area contributed by atoms with E-state index in [1.807, 2.05) is 16.8 Å². The number of hydrogen-bond donors (Lipinski definition) is 2. The van der Waals surface area contributed by atoms with Crippen LogP contribution < -0.4 is 10.1 Å². The van der Waals surface area contributed by atoms with Crippen molar-refractivity contribution < 1.29 is 9.84 Å². The van der Waals surface area contributed by atoms with Crippen molar-refractivity contribution >= 4 is 11.5 Å². The zero-order valence-electron chi connectivity index (χ0n) is 9.76. The predicted molar refractivity (Wildman–Crippen MR) is 64.3 cm³/mol. The maximum Gasteiger partial charge on any atom is 0.260 e. The number of nitrogens with one attached hydrogen (secondary N) is 1. The molecule has 0 aliphatic carbocycles. The van der Waals surface area contributed by atoms with Gasteiger partial charge in [0.05, 0.1) is 12.8 Å². The van der Waals surface area contributed by atoms with E-state index in [1.165, 1.54) is 0 Å². The van der Waals surface area contributed by atoms with Gasteiger partial charge in [0, 0.05) is 18.9 Å². The van der Waals surface area contributed by atoms with E-state index in [1.54, 1.807) is 6.20 Å².